The van der Waals surface area contributed by atoms with Crippen molar-refractivity contribution in [1.82, 2.24) is 0 Å². The molecule has 22 aliphatic heterocycles. The van der Waals surface area contributed by atoms with E-state index in [9.17, 15) is 91.9 Å². The van der Waals surface area contributed by atoms with Crippen molar-refractivity contribution in [2.24, 2.45) is 0 Å². The summed E-state index contributed by atoms with van der Waals surface area (Å²) in [5, 5.41) is 196. The van der Waals surface area contributed by atoms with Crippen LogP contribution in [-0.4, -0.2) is 316 Å². The average molecular weight is 1070 g/mol. The summed E-state index contributed by atoms with van der Waals surface area (Å²) in [6, 6.07) is 0. The summed E-state index contributed by atoms with van der Waals surface area (Å²) in [5.41, 5.74) is 0. The predicted molar refractivity (Wildman–Crippen MR) is 196 cm³/mol. The summed E-state index contributed by atoms with van der Waals surface area (Å²) in [6.45, 7) is -5.99. The number of ether oxygens (including phenoxy) is 12. The number of hydrogen-bond donors (Lipinski definition) is 18. The molecule has 392 valence electrons. The molecule has 0 radical (unpaired) electrons. The Bertz CT molecular complexity index is 1240. The van der Waals surface area contributed by atoms with Gasteiger partial charge in [0.1, 0.15) is 146 Å². The number of hydrogen-bond acceptors (Lipinski definition) is 30. The van der Waals surface area contributed by atoms with Crippen LogP contribution in [0.1, 0.15) is 0 Å². The molecule has 0 saturated carbocycles. The Kier molecular flexibility index (Phi) is 19.6. The minimum absolute atomic E-state index is 0. The van der Waals surface area contributed by atoms with Gasteiger partial charge in [0.2, 0.25) is 0 Å². The fraction of sp³-hybridized carbons (Fsp3) is 1.00. The molecule has 22 fully saturated rings. The molecule has 0 aromatic rings. The van der Waals surface area contributed by atoms with Gasteiger partial charge in [-0.15, -0.1) is 0 Å². The monoisotopic (exact) mass is 1070 g/mol. The minimum Gasteiger partial charge on any atom is -0.394 e. The zero-order valence-electron chi connectivity index (χ0n) is 34.9. The molecule has 31 heteroatoms. The second-order valence-electron chi connectivity index (χ2n) is 16.8. The maximum atomic E-state index is 11.2. The van der Waals surface area contributed by atoms with Gasteiger partial charge >= 0.3 is 0 Å². The summed E-state index contributed by atoms with van der Waals surface area (Å²) in [5.74, 6) is 0. The summed E-state index contributed by atoms with van der Waals surface area (Å²) in [4.78, 5) is 0. The SMILES string of the molecule is OC[C@H]1O[C@@H]2O[C@H]3[C@H](O)[C@@H](O)[C@@H](O[C@H]4[C@H](O)[C@@H](O)[C@@H](O[C@H]5[C@H](O)[C@@H](O)[C@@H](O[C@H]6[C@H](O)[C@@H](O)[C@@H](O[C@H]7[C@H](O)[C@@H](O)[C@@H](O[C@@H]1[C@H](O)[C@H]2O)O[C@@H]7CO)O[C@@H]6CO)O[C@@H]5CO)O[C@@H]4CO)O[C@@H]3CO.[Ru]. The molecule has 22 heterocycles. The van der Waals surface area contributed by atoms with Crippen LogP contribution < -0.4 is 0 Å². The number of aliphatic hydroxyl groups is 18. The van der Waals surface area contributed by atoms with E-state index in [0.717, 1.165) is 0 Å². The van der Waals surface area contributed by atoms with E-state index in [1.807, 2.05) is 0 Å². The van der Waals surface area contributed by atoms with Crippen LogP contribution in [0.5, 0.6) is 0 Å². The van der Waals surface area contributed by atoms with Gasteiger partial charge in [0.15, 0.2) is 37.7 Å². The van der Waals surface area contributed by atoms with Crippen molar-refractivity contribution in [2.45, 2.75) is 184 Å². The van der Waals surface area contributed by atoms with Crippen molar-refractivity contribution in [3.8, 4) is 0 Å². The second-order valence-corrected chi connectivity index (χ2v) is 16.8. The molecule has 67 heavy (non-hydrogen) atoms. The maximum absolute atomic E-state index is 11.2. The van der Waals surface area contributed by atoms with Crippen LogP contribution in [0.25, 0.3) is 0 Å². The molecule has 30 nitrogen and oxygen atoms in total. The third-order valence-corrected chi connectivity index (χ3v) is 12.7. The van der Waals surface area contributed by atoms with Crippen molar-refractivity contribution in [2.75, 3.05) is 39.6 Å². The summed E-state index contributed by atoms with van der Waals surface area (Å²) in [6.07, 6.45) is -58.5. The van der Waals surface area contributed by atoms with Gasteiger partial charge < -0.3 is 149 Å². The van der Waals surface area contributed by atoms with Crippen LogP contribution >= 0.6 is 0 Å². The fourth-order valence-electron chi connectivity index (χ4n) is 8.93. The largest absolute Gasteiger partial charge is 0.394 e. The molecule has 18 N–H and O–H groups in total. The van der Waals surface area contributed by atoms with Crippen LogP contribution in [0.2, 0.25) is 0 Å². The van der Waals surface area contributed by atoms with Gasteiger partial charge in [0.25, 0.3) is 0 Å². The molecule has 0 unspecified atom stereocenters. The third-order valence-electron chi connectivity index (χ3n) is 12.7. The summed E-state index contributed by atoms with van der Waals surface area (Å²) < 4.78 is 67.9. The topological polar surface area (TPSA) is 475 Å². The molecular weight excluding hydrogens is 1010 g/mol. The van der Waals surface area contributed by atoms with E-state index < -0.39 is 224 Å². The standard InChI is InChI=1S/C36H60O30.Ru/c37-1-7-25-13(43)19(49)31(55-7)62-26-8(2-38)57-33(21(51)15(26)45)64-28-10(4-40)59-35(23(53)17(28)47)66-30-12(6-42)60-36(24(54)18(30)48)65-29-11(5-41)58-34(22(52)16(29)46)63-27-9(3-39)56-32(61-25)20(50)14(27)44;/h7-54H,1-6H2;/t7-,8-,9-,10-,11-,12-,13-,14-,15-,16-,17-,18-,19-,20-,21-,22-,23-,24-,25-,26-,27-,28-,29-,30+,31-,32-,33-,34-,35-,36-;/m1./s1. The summed E-state index contributed by atoms with van der Waals surface area (Å²) >= 11 is 0. The van der Waals surface area contributed by atoms with Gasteiger partial charge in [-0.25, -0.2) is 0 Å². The molecule has 0 aromatic carbocycles. The van der Waals surface area contributed by atoms with Crippen molar-refractivity contribution in [3.63, 3.8) is 0 Å². The quantitative estimate of drug-likeness (QED) is 0.110. The van der Waals surface area contributed by atoms with Crippen LogP contribution in [0, 0.1) is 0 Å². The molecular formula is C36H60O30Ru. The molecule has 0 aromatic heterocycles. The molecule has 0 amide bonds. The van der Waals surface area contributed by atoms with E-state index in [-0.39, 0.29) is 19.5 Å². The molecule has 0 aliphatic carbocycles. The van der Waals surface area contributed by atoms with Crippen molar-refractivity contribution < 1.29 is 168 Å². The van der Waals surface area contributed by atoms with Crippen LogP contribution in [0.4, 0.5) is 0 Å². The number of rotatable bonds is 6. The van der Waals surface area contributed by atoms with E-state index in [0.29, 0.717) is 0 Å². The molecule has 30 atom stereocenters. The predicted octanol–water partition coefficient (Wildman–Crippen LogP) is -13.1. The van der Waals surface area contributed by atoms with E-state index in [2.05, 4.69) is 0 Å². The summed E-state index contributed by atoms with van der Waals surface area (Å²) in [7, 11) is 0. The van der Waals surface area contributed by atoms with Gasteiger partial charge in [-0.2, -0.15) is 0 Å². The fourth-order valence-corrected chi connectivity index (χ4v) is 8.93. The Labute approximate surface area is 391 Å². The first-order valence-corrected chi connectivity index (χ1v) is 21.1. The van der Waals surface area contributed by atoms with E-state index in [1.54, 1.807) is 0 Å². The van der Waals surface area contributed by atoms with Crippen LogP contribution in [0.3, 0.4) is 0 Å². The Hall–Kier alpha value is -0.577. The van der Waals surface area contributed by atoms with Crippen molar-refractivity contribution in [3.05, 3.63) is 0 Å². The van der Waals surface area contributed by atoms with E-state index in [1.165, 1.54) is 0 Å². The minimum atomic E-state index is -2.15. The van der Waals surface area contributed by atoms with Gasteiger partial charge in [-0.3, -0.25) is 0 Å². The van der Waals surface area contributed by atoms with Crippen LogP contribution in [-0.2, 0) is 76.3 Å². The normalized spacial score (nSPS) is 54.5. The molecule has 12 bridgehead atoms. The van der Waals surface area contributed by atoms with Gasteiger partial charge in [-0.05, 0) is 0 Å². The molecule has 0 spiro atoms. The van der Waals surface area contributed by atoms with E-state index >= 15 is 0 Å². The average Bonchev–Trinajstić information content (AvgIpc) is 3.31. The van der Waals surface area contributed by atoms with Crippen molar-refractivity contribution in [1.29, 1.82) is 0 Å². The zero-order valence-corrected chi connectivity index (χ0v) is 36.6. The van der Waals surface area contributed by atoms with Gasteiger partial charge in [0.05, 0.1) is 39.6 Å². The van der Waals surface area contributed by atoms with Crippen LogP contribution in [0.15, 0.2) is 0 Å². The Morgan fingerprint density at radius 2 is 0.313 bits per heavy atom. The zero-order chi connectivity index (χ0) is 48.0. The maximum Gasteiger partial charge on any atom is 0.187 e. The Morgan fingerprint density at radius 1 is 0.194 bits per heavy atom. The van der Waals surface area contributed by atoms with Gasteiger partial charge in [-0.1, -0.05) is 0 Å². The van der Waals surface area contributed by atoms with Crippen molar-refractivity contribution >= 4 is 0 Å². The Balaban J connectivity index is 0.00000741. The molecule has 22 rings (SSSR count). The molecule has 22 saturated heterocycles. The smallest absolute Gasteiger partial charge is 0.187 e. The second kappa shape index (κ2) is 23.5. The number of aliphatic hydroxyl groups excluding tert-OH is 18. The molecule has 22 aliphatic rings. The first-order valence-electron chi connectivity index (χ1n) is 21.1. The van der Waals surface area contributed by atoms with E-state index in [4.69, 9.17) is 56.8 Å². The first-order chi connectivity index (χ1) is 31.4. The Morgan fingerprint density at radius 3 is 0.418 bits per heavy atom. The third kappa shape index (κ3) is 10.9. The van der Waals surface area contributed by atoms with Gasteiger partial charge in [0, 0.05) is 19.5 Å². The first kappa shape index (κ1) is 55.7.